The fraction of sp³-hybridized carbons (Fsp3) is 0.500. The van der Waals surface area contributed by atoms with Gasteiger partial charge in [0.2, 0.25) is 10.0 Å². The Morgan fingerprint density at radius 2 is 2.05 bits per heavy atom. The average molecular weight is 310 g/mol. The monoisotopic (exact) mass is 309 g/mol. The molecule has 1 aromatic rings. The van der Waals surface area contributed by atoms with E-state index < -0.39 is 21.9 Å². The molecular formula is C12H17ClFNO3S. The van der Waals surface area contributed by atoms with Gasteiger partial charge < -0.3 is 5.11 Å². The molecule has 0 aromatic heterocycles. The van der Waals surface area contributed by atoms with E-state index in [0.717, 1.165) is 18.2 Å². The van der Waals surface area contributed by atoms with E-state index in [1.54, 1.807) is 6.92 Å². The van der Waals surface area contributed by atoms with Crippen molar-refractivity contribution in [2.75, 3.05) is 6.54 Å². The quantitative estimate of drug-likeness (QED) is 0.846. The largest absolute Gasteiger partial charge is 0.393 e. The minimum Gasteiger partial charge on any atom is -0.393 e. The van der Waals surface area contributed by atoms with Crippen LogP contribution < -0.4 is 4.72 Å². The highest BCUT2D eigenvalue weighted by atomic mass is 35.5. The van der Waals surface area contributed by atoms with E-state index in [-0.39, 0.29) is 22.4 Å². The average Bonchev–Trinajstić information content (AvgIpc) is 2.25. The molecule has 108 valence electrons. The predicted octanol–water partition coefficient (Wildman–Crippen LogP) is 2.16. The van der Waals surface area contributed by atoms with Crippen LogP contribution in [0.4, 0.5) is 4.39 Å². The van der Waals surface area contributed by atoms with Gasteiger partial charge in [0.15, 0.2) is 0 Å². The lowest BCUT2D eigenvalue weighted by atomic mass is 10.1. The summed E-state index contributed by atoms with van der Waals surface area (Å²) in [5, 5.41) is 9.05. The minimum absolute atomic E-state index is 0.0194. The second kappa shape index (κ2) is 6.65. The van der Waals surface area contributed by atoms with Crippen molar-refractivity contribution in [1.82, 2.24) is 4.72 Å². The molecule has 7 heteroatoms. The van der Waals surface area contributed by atoms with Gasteiger partial charge in [-0.3, -0.25) is 0 Å². The smallest absolute Gasteiger partial charge is 0.242 e. The summed E-state index contributed by atoms with van der Waals surface area (Å²) in [4.78, 5) is -0.153. The molecule has 0 spiro atoms. The van der Waals surface area contributed by atoms with Crippen molar-refractivity contribution in [2.45, 2.75) is 31.3 Å². The number of sulfonamides is 1. The summed E-state index contributed by atoms with van der Waals surface area (Å²) in [5.74, 6) is -0.611. The van der Waals surface area contributed by atoms with E-state index >= 15 is 0 Å². The third-order valence-electron chi connectivity index (χ3n) is 2.55. The van der Waals surface area contributed by atoms with Gasteiger partial charge in [0, 0.05) is 6.54 Å². The van der Waals surface area contributed by atoms with Crippen LogP contribution in [0.3, 0.4) is 0 Å². The Morgan fingerprint density at radius 1 is 1.42 bits per heavy atom. The van der Waals surface area contributed by atoms with Crippen LogP contribution >= 0.6 is 11.6 Å². The van der Waals surface area contributed by atoms with Gasteiger partial charge in [0.05, 0.1) is 11.1 Å². The first kappa shape index (κ1) is 16.4. The topological polar surface area (TPSA) is 66.4 Å². The van der Waals surface area contributed by atoms with Crippen molar-refractivity contribution in [1.29, 1.82) is 0 Å². The van der Waals surface area contributed by atoms with Crippen LogP contribution in [0.15, 0.2) is 23.1 Å². The van der Waals surface area contributed by atoms with Crippen LogP contribution in [0.1, 0.15) is 20.3 Å². The lowest BCUT2D eigenvalue weighted by Crippen LogP contribution is -2.29. The summed E-state index contributed by atoms with van der Waals surface area (Å²) in [5.41, 5.74) is 0. The molecule has 0 saturated carbocycles. The normalized spacial score (nSPS) is 15.2. The standard InChI is InChI=1S/C12H17ClFNO3S/c1-8(5-9(2)16)7-15-19(17,18)12-4-3-10(14)6-11(12)13/h3-4,6,8-9,15-16H,5,7H2,1-2H3. The number of hydrogen-bond donors (Lipinski definition) is 2. The van der Waals surface area contributed by atoms with Crippen LogP contribution in [0.25, 0.3) is 0 Å². The highest BCUT2D eigenvalue weighted by Gasteiger charge is 2.19. The molecule has 0 bridgehead atoms. The molecule has 0 fully saturated rings. The van der Waals surface area contributed by atoms with E-state index in [4.69, 9.17) is 11.6 Å². The lowest BCUT2D eigenvalue weighted by Gasteiger charge is -2.15. The third kappa shape index (κ3) is 5.06. The van der Waals surface area contributed by atoms with E-state index in [0.29, 0.717) is 6.42 Å². The summed E-state index contributed by atoms with van der Waals surface area (Å²) in [6.45, 7) is 3.64. The number of halogens is 2. The zero-order valence-corrected chi connectivity index (χ0v) is 12.3. The summed E-state index contributed by atoms with van der Waals surface area (Å²) in [7, 11) is -3.77. The van der Waals surface area contributed by atoms with E-state index in [1.807, 2.05) is 6.92 Å². The summed E-state index contributed by atoms with van der Waals surface area (Å²) >= 11 is 5.71. The minimum atomic E-state index is -3.77. The maximum atomic E-state index is 12.9. The molecule has 0 aliphatic heterocycles. The molecular weight excluding hydrogens is 293 g/mol. The number of nitrogens with one attached hydrogen (secondary N) is 1. The molecule has 0 amide bonds. The summed E-state index contributed by atoms with van der Waals surface area (Å²) in [6, 6.07) is 3.12. The second-order valence-electron chi connectivity index (χ2n) is 4.62. The maximum absolute atomic E-state index is 12.9. The summed E-state index contributed by atoms with van der Waals surface area (Å²) in [6.07, 6.45) is -0.00596. The fourth-order valence-electron chi connectivity index (χ4n) is 1.69. The van der Waals surface area contributed by atoms with Crippen LogP contribution in [-0.4, -0.2) is 26.2 Å². The van der Waals surface area contributed by atoms with E-state index in [9.17, 15) is 17.9 Å². The van der Waals surface area contributed by atoms with Gasteiger partial charge in [-0.05, 0) is 37.5 Å². The maximum Gasteiger partial charge on any atom is 0.242 e. The fourth-order valence-corrected chi connectivity index (χ4v) is 3.38. The van der Waals surface area contributed by atoms with Crippen LogP contribution in [0.2, 0.25) is 5.02 Å². The van der Waals surface area contributed by atoms with Gasteiger partial charge in [-0.25, -0.2) is 17.5 Å². The van der Waals surface area contributed by atoms with Crippen molar-refractivity contribution in [2.24, 2.45) is 5.92 Å². The molecule has 2 atom stereocenters. The Morgan fingerprint density at radius 3 is 2.58 bits per heavy atom. The second-order valence-corrected chi connectivity index (χ2v) is 6.76. The van der Waals surface area contributed by atoms with Crippen LogP contribution in [0, 0.1) is 11.7 Å². The van der Waals surface area contributed by atoms with Crippen LogP contribution in [-0.2, 0) is 10.0 Å². The summed E-state index contributed by atoms with van der Waals surface area (Å²) < 4.78 is 39.2. The first-order valence-corrected chi connectivity index (χ1v) is 7.71. The van der Waals surface area contributed by atoms with Crippen molar-refractivity contribution < 1.29 is 17.9 Å². The Labute approximate surface area is 117 Å². The number of hydrogen-bond acceptors (Lipinski definition) is 3. The zero-order valence-electron chi connectivity index (χ0n) is 10.7. The lowest BCUT2D eigenvalue weighted by molar-refractivity contribution is 0.165. The van der Waals surface area contributed by atoms with Gasteiger partial charge in [0.1, 0.15) is 10.7 Å². The highest BCUT2D eigenvalue weighted by Crippen LogP contribution is 2.22. The van der Waals surface area contributed by atoms with Crippen molar-refractivity contribution in [3.63, 3.8) is 0 Å². The van der Waals surface area contributed by atoms with Crippen molar-refractivity contribution in [3.05, 3.63) is 29.0 Å². The number of rotatable bonds is 6. The molecule has 0 aliphatic carbocycles. The van der Waals surface area contributed by atoms with E-state index in [1.165, 1.54) is 0 Å². The van der Waals surface area contributed by atoms with Gasteiger partial charge >= 0.3 is 0 Å². The first-order chi connectivity index (χ1) is 8.72. The Hall–Kier alpha value is -0.690. The third-order valence-corrected chi connectivity index (χ3v) is 4.46. The molecule has 4 nitrogen and oxygen atoms in total. The van der Waals surface area contributed by atoms with E-state index in [2.05, 4.69) is 4.72 Å². The molecule has 2 unspecified atom stereocenters. The molecule has 1 aromatic carbocycles. The predicted molar refractivity (Wildman–Crippen MR) is 72.1 cm³/mol. The van der Waals surface area contributed by atoms with Crippen LogP contribution in [0.5, 0.6) is 0 Å². The van der Waals surface area contributed by atoms with Crippen molar-refractivity contribution in [3.8, 4) is 0 Å². The molecule has 2 N–H and O–H groups in total. The molecule has 0 aliphatic rings. The number of aliphatic hydroxyl groups excluding tert-OH is 1. The number of benzene rings is 1. The van der Waals surface area contributed by atoms with Gasteiger partial charge in [-0.15, -0.1) is 0 Å². The zero-order chi connectivity index (χ0) is 14.6. The molecule has 0 saturated heterocycles. The molecule has 19 heavy (non-hydrogen) atoms. The molecule has 1 rings (SSSR count). The Bertz CT molecular complexity index is 534. The number of aliphatic hydroxyl groups is 1. The Kier molecular flexibility index (Phi) is 5.73. The Balaban J connectivity index is 2.76. The van der Waals surface area contributed by atoms with Crippen molar-refractivity contribution >= 4 is 21.6 Å². The van der Waals surface area contributed by atoms with Gasteiger partial charge in [-0.1, -0.05) is 18.5 Å². The highest BCUT2D eigenvalue weighted by molar-refractivity contribution is 7.89. The van der Waals surface area contributed by atoms with Gasteiger partial charge in [-0.2, -0.15) is 0 Å². The molecule has 0 heterocycles. The van der Waals surface area contributed by atoms with Gasteiger partial charge in [0.25, 0.3) is 0 Å². The molecule has 0 radical (unpaired) electrons. The first-order valence-electron chi connectivity index (χ1n) is 5.85. The SMILES string of the molecule is CC(O)CC(C)CNS(=O)(=O)c1ccc(F)cc1Cl.